The Morgan fingerprint density at radius 2 is 1.90 bits per heavy atom. The van der Waals surface area contributed by atoms with Gasteiger partial charge in [0.05, 0.1) is 37.8 Å². The van der Waals surface area contributed by atoms with Crippen molar-refractivity contribution in [3.63, 3.8) is 0 Å². The van der Waals surface area contributed by atoms with Gasteiger partial charge < -0.3 is 24.6 Å². The molecule has 0 spiro atoms. The van der Waals surface area contributed by atoms with Gasteiger partial charge in [-0.2, -0.15) is 26.3 Å². The zero-order chi connectivity index (χ0) is 29.6. The van der Waals surface area contributed by atoms with Crippen molar-refractivity contribution >= 4 is 11.6 Å². The average molecular weight is 584 g/mol. The summed E-state index contributed by atoms with van der Waals surface area (Å²) in [6.45, 7) is -0.228. The second-order valence-corrected chi connectivity index (χ2v) is 10.5. The van der Waals surface area contributed by atoms with Crippen LogP contribution in [-0.2, 0) is 42.9 Å². The summed E-state index contributed by atoms with van der Waals surface area (Å²) >= 11 is 0. The number of hydrogen-bond acceptors (Lipinski definition) is 6. The van der Waals surface area contributed by atoms with Crippen molar-refractivity contribution in [1.82, 2.24) is 20.1 Å². The maximum Gasteiger partial charge on any atom is 0.416 e. The molecule has 1 amide bonds. The molecule has 2 aliphatic heterocycles. The van der Waals surface area contributed by atoms with E-state index in [0.29, 0.717) is 25.3 Å². The van der Waals surface area contributed by atoms with Gasteiger partial charge in [-0.05, 0) is 41.0 Å². The molecule has 5 rings (SSSR count). The lowest BCUT2D eigenvalue weighted by Gasteiger charge is -2.42. The average Bonchev–Trinajstić information content (AvgIpc) is 3.41. The van der Waals surface area contributed by atoms with Crippen LogP contribution in [0.4, 0.5) is 32.0 Å². The van der Waals surface area contributed by atoms with Crippen molar-refractivity contribution in [2.24, 2.45) is 7.05 Å². The highest BCUT2D eigenvalue weighted by atomic mass is 19.4. The molecule has 3 aromatic rings. The lowest BCUT2D eigenvalue weighted by molar-refractivity contribution is -0.152. The molecular weight excluding hydrogens is 556 g/mol. The summed E-state index contributed by atoms with van der Waals surface area (Å²) < 4.78 is 86.9. The molecule has 0 radical (unpaired) electrons. The van der Waals surface area contributed by atoms with E-state index in [1.165, 1.54) is 11.0 Å². The number of nitrogens with one attached hydrogen (secondary N) is 1. The quantitative estimate of drug-likeness (QED) is 0.372. The molecule has 0 aliphatic carbocycles. The number of ether oxygens (including phenoxy) is 1. The fourth-order valence-electron chi connectivity index (χ4n) is 5.25. The van der Waals surface area contributed by atoms with E-state index in [-0.39, 0.29) is 29.8 Å². The fraction of sp³-hybridized carbons (Fsp3) is 0.444. The Morgan fingerprint density at radius 3 is 2.51 bits per heavy atom. The van der Waals surface area contributed by atoms with Crippen LogP contribution in [0.2, 0.25) is 0 Å². The van der Waals surface area contributed by atoms with E-state index < -0.39 is 48.3 Å². The van der Waals surface area contributed by atoms with Crippen molar-refractivity contribution in [2.45, 2.75) is 49.8 Å². The number of aromatic nitrogens is 3. The van der Waals surface area contributed by atoms with Crippen LogP contribution in [-0.4, -0.2) is 57.8 Å². The second kappa shape index (κ2) is 10.7. The van der Waals surface area contributed by atoms with Crippen molar-refractivity contribution in [3.05, 3.63) is 76.4 Å². The number of aliphatic hydroxyl groups excluding tert-OH is 1. The van der Waals surface area contributed by atoms with Gasteiger partial charge in [0.2, 0.25) is 0 Å². The molecule has 2 N–H and O–H groups in total. The number of amides is 1. The minimum absolute atomic E-state index is 0.0634. The van der Waals surface area contributed by atoms with E-state index in [2.05, 4.69) is 15.5 Å². The Bertz CT molecular complexity index is 1430. The fourth-order valence-corrected chi connectivity index (χ4v) is 5.25. The van der Waals surface area contributed by atoms with Gasteiger partial charge in [-0.1, -0.05) is 12.1 Å². The molecule has 41 heavy (non-hydrogen) atoms. The number of halogens is 6. The summed E-state index contributed by atoms with van der Waals surface area (Å²) in [5, 5.41) is 20.2. The molecule has 1 saturated heterocycles. The summed E-state index contributed by atoms with van der Waals surface area (Å²) in [5.41, 5.74) is -0.371. The molecule has 0 bridgehead atoms. The Hall–Kier alpha value is -3.49. The number of carbonyl (C=O) groups excluding carboxylic acids is 1. The first-order valence-electron chi connectivity index (χ1n) is 12.8. The van der Waals surface area contributed by atoms with E-state index in [1.54, 1.807) is 29.1 Å². The highest BCUT2D eigenvalue weighted by molar-refractivity contribution is 6.10. The summed E-state index contributed by atoms with van der Waals surface area (Å²) in [5.74, 6) is 0.124. The largest absolute Gasteiger partial charge is 0.416 e. The van der Waals surface area contributed by atoms with Crippen molar-refractivity contribution in [2.75, 3.05) is 24.7 Å². The molecule has 0 saturated carbocycles. The van der Waals surface area contributed by atoms with Crippen LogP contribution in [0.15, 0.2) is 42.7 Å². The Balaban J connectivity index is 1.39. The maximum atomic E-state index is 14.1. The van der Waals surface area contributed by atoms with Crippen LogP contribution in [0.25, 0.3) is 0 Å². The number of aryl methyl sites for hydroxylation is 1. The molecule has 1 aromatic heterocycles. The SMILES string of the molecule is Cn1cnnc1CC1(c2cccc(N3Cc4c(cc(CNCC(O)CC(F)(F)F)cc4C(F)(F)F)C3=O)c2)COC1. The topological polar surface area (TPSA) is 92.5 Å². The number of alkyl halides is 6. The van der Waals surface area contributed by atoms with E-state index >= 15 is 0 Å². The lowest BCUT2D eigenvalue weighted by Crippen LogP contribution is -2.49. The summed E-state index contributed by atoms with van der Waals surface area (Å²) in [7, 11) is 1.83. The van der Waals surface area contributed by atoms with Gasteiger partial charge in [0.1, 0.15) is 12.2 Å². The number of aliphatic hydroxyl groups is 1. The van der Waals surface area contributed by atoms with Gasteiger partial charge in [-0.25, -0.2) is 0 Å². The first kappa shape index (κ1) is 29.0. The van der Waals surface area contributed by atoms with E-state index in [4.69, 9.17) is 4.74 Å². The van der Waals surface area contributed by atoms with Gasteiger partial charge >= 0.3 is 12.4 Å². The molecule has 3 heterocycles. The number of rotatable bonds is 9. The number of nitrogens with zero attached hydrogens (tertiary/aromatic N) is 4. The standard InChI is InChI=1S/C27H27F6N5O3/c1-37-15-35-36-23(37)9-25(13-41-14-25)17-3-2-4-18(7-17)38-12-21-20(24(38)40)5-16(6-22(21)27(31,32)33)10-34-11-19(39)8-26(28,29)30/h2-7,15,19,34,39H,8-14H2,1H3. The Kier molecular flexibility index (Phi) is 7.59. The number of benzene rings is 2. The predicted molar refractivity (Wildman–Crippen MR) is 134 cm³/mol. The molecule has 1 unspecified atom stereocenters. The normalized spacial score (nSPS) is 17.5. The third-order valence-corrected chi connectivity index (χ3v) is 7.41. The first-order valence-corrected chi connectivity index (χ1v) is 12.8. The zero-order valence-electron chi connectivity index (χ0n) is 21.9. The van der Waals surface area contributed by atoms with Crippen molar-refractivity contribution in [3.8, 4) is 0 Å². The van der Waals surface area contributed by atoms with Crippen LogP contribution in [0, 0.1) is 0 Å². The van der Waals surface area contributed by atoms with Gasteiger partial charge in [0, 0.05) is 43.2 Å². The monoisotopic (exact) mass is 583 g/mol. The van der Waals surface area contributed by atoms with Gasteiger partial charge in [0.25, 0.3) is 5.91 Å². The van der Waals surface area contributed by atoms with Gasteiger partial charge in [-0.3, -0.25) is 4.79 Å². The van der Waals surface area contributed by atoms with Crippen LogP contribution < -0.4 is 10.2 Å². The summed E-state index contributed by atoms with van der Waals surface area (Å²) in [6, 6.07) is 9.26. The van der Waals surface area contributed by atoms with E-state index in [9.17, 15) is 36.2 Å². The van der Waals surface area contributed by atoms with Crippen molar-refractivity contribution < 1.29 is 41.0 Å². The molecule has 1 fully saturated rings. The van der Waals surface area contributed by atoms with Crippen LogP contribution in [0.1, 0.15) is 44.9 Å². The Morgan fingerprint density at radius 1 is 1.15 bits per heavy atom. The molecule has 1 atom stereocenters. The molecule has 2 aliphatic rings. The number of carbonyl (C=O) groups is 1. The second-order valence-electron chi connectivity index (χ2n) is 10.5. The molecule has 8 nitrogen and oxygen atoms in total. The van der Waals surface area contributed by atoms with Gasteiger partial charge in [-0.15, -0.1) is 10.2 Å². The van der Waals surface area contributed by atoms with E-state index in [0.717, 1.165) is 17.5 Å². The number of anilines is 1. The molecule has 14 heteroatoms. The van der Waals surface area contributed by atoms with Crippen molar-refractivity contribution in [1.29, 1.82) is 0 Å². The Labute approximate surface area is 230 Å². The minimum Gasteiger partial charge on any atom is -0.391 e. The minimum atomic E-state index is -4.77. The smallest absolute Gasteiger partial charge is 0.391 e. The third kappa shape index (κ3) is 6.09. The molecule has 220 valence electrons. The third-order valence-electron chi connectivity index (χ3n) is 7.41. The number of fused-ring (bicyclic) bond motifs is 1. The van der Waals surface area contributed by atoms with Gasteiger partial charge in [0.15, 0.2) is 0 Å². The maximum absolute atomic E-state index is 14.1. The summed E-state index contributed by atoms with van der Waals surface area (Å²) in [6.07, 6.45) is -10.4. The molecular formula is C27H27F6N5O3. The predicted octanol–water partition coefficient (Wildman–Crippen LogP) is 3.91. The van der Waals surface area contributed by atoms with Crippen LogP contribution >= 0.6 is 0 Å². The lowest BCUT2D eigenvalue weighted by atomic mass is 9.75. The first-order chi connectivity index (χ1) is 19.3. The number of hydrogen-bond donors (Lipinski definition) is 2. The van der Waals surface area contributed by atoms with E-state index in [1.807, 2.05) is 13.1 Å². The highest BCUT2D eigenvalue weighted by Crippen LogP contribution is 2.41. The zero-order valence-corrected chi connectivity index (χ0v) is 21.9. The van der Waals surface area contributed by atoms with Crippen LogP contribution in [0.3, 0.4) is 0 Å². The summed E-state index contributed by atoms with van der Waals surface area (Å²) in [4.78, 5) is 14.7. The highest BCUT2D eigenvalue weighted by Gasteiger charge is 2.43. The van der Waals surface area contributed by atoms with Crippen LogP contribution in [0.5, 0.6) is 0 Å². The molecule has 2 aromatic carbocycles.